The molecule has 2 aromatic rings. The Labute approximate surface area is 134 Å². The van der Waals surface area contributed by atoms with Gasteiger partial charge in [0.2, 0.25) is 0 Å². The molecule has 0 aliphatic heterocycles. The lowest BCUT2D eigenvalue weighted by atomic mass is 10.0. The Bertz CT molecular complexity index is 808. The van der Waals surface area contributed by atoms with E-state index in [1.165, 1.54) is 11.9 Å². The summed E-state index contributed by atoms with van der Waals surface area (Å²) in [5.41, 5.74) is -1.35. The molecule has 0 saturated heterocycles. The highest BCUT2D eigenvalue weighted by atomic mass is 16.5. The Morgan fingerprint density at radius 1 is 1.26 bits per heavy atom. The number of likely N-dealkylation sites (N-methyl/N-ethyl adjacent to an activating group) is 1. The Morgan fingerprint density at radius 3 is 2.57 bits per heavy atom. The van der Waals surface area contributed by atoms with Gasteiger partial charge in [0.25, 0.3) is 11.5 Å². The quantitative estimate of drug-likeness (QED) is 0.874. The number of amides is 1. The van der Waals surface area contributed by atoms with Crippen molar-refractivity contribution in [1.29, 1.82) is 0 Å². The highest BCUT2D eigenvalue weighted by Gasteiger charge is 2.37. The Kier molecular flexibility index (Phi) is 4.54. The van der Waals surface area contributed by atoms with Gasteiger partial charge in [-0.3, -0.25) is 9.59 Å². The normalized spacial score (nSPS) is 11.3. The van der Waals surface area contributed by atoms with E-state index in [1.807, 2.05) is 0 Å². The summed E-state index contributed by atoms with van der Waals surface area (Å²) in [7, 11) is 1.51. The van der Waals surface area contributed by atoms with E-state index < -0.39 is 17.4 Å². The third kappa shape index (κ3) is 3.11. The third-order valence-corrected chi connectivity index (χ3v) is 3.90. The van der Waals surface area contributed by atoms with Gasteiger partial charge < -0.3 is 14.6 Å². The van der Waals surface area contributed by atoms with Crippen molar-refractivity contribution < 1.29 is 14.3 Å². The second-order valence-corrected chi connectivity index (χ2v) is 5.74. The van der Waals surface area contributed by atoms with Gasteiger partial charge in [0.15, 0.2) is 0 Å². The van der Waals surface area contributed by atoms with Gasteiger partial charge >= 0.3 is 5.97 Å². The van der Waals surface area contributed by atoms with Gasteiger partial charge in [0, 0.05) is 12.4 Å². The van der Waals surface area contributed by atoms with Crippen LogP contribution in [0.3, 0.4) is 0 Å². The monoisotopic (exact) mass is 316 g/mol. The second-order valence-electron chi connectivity index (χ2n) is 5.74. The Balaban J connectivity index is 2.40. The number of pyridine rings is 1. The molecule has 0 unspecified atom stereocenters. The lowest BCUT2D eigenvalue weighted by molar-refractivity contribution is -0.153. The molecule has 2 rings (SSSR count). The summed E-state index contributed by atoms with van der Waals surface area (Å²) in [4.78, 5) is 40.6. The average molecular weight is 316 g/mol. The molecule has 0 bridgehead atoms. The third-order valence-electron chi connectivity index (χ3n) is 3.90. The molecule has 1 heterocycles. The van der Waals surface area contributed by atoms with Gasteiger partial charge in [0.1, 0.15) is 11.2 Å². The summed E-state index contributed by atoms with van der Waals surface area (Å²) in [5.74, 6) is -0.954. The molecule has 0 aliphatic rings. The molecule has 1 N–H and O–H groups in total. The van der Waals surface area contributed by atoms with Crippen LogP contribution in [0.5, 0.6) is 0 Å². The maximum atomic E-state index is 12.6. The van der Waals surface area contributed by atoms with Crippen LogP contribution in [0.15, 0.2) is 35.1 Å². The van der Waals surface area contributed by atoms with Crippen molar-refractivity contribution in [2.45, 2.75) is 26.3 Å². The minimum absolute atomic E-state index is 0.133. The molecule has 1 amide bonds. The molecular weight excluding hydrogens is 296 g/mol. The number of fused-ring (bicyclic) bond motifs is 1. The standard InChI is InChI=1S/C17H20N2O4/c1-5-23-16(22)17(2,3)19(4)15(21)13-10-11-8-6-7-9-12(11)14(20)18-13/h6-10H,5H2,1-4H3,(H,18,20). The number of carbonyl (C=O) groups is 2. The summed E-state index contributed by atoms with van der Waals surface area (Å²) >= 11 is 0. The van der Waals surface area contributed by atoms with Gasteiger partial charge in [-0.1, -0.05) is 18.2 Å². The van der Waals surface area contributed by atoms with Crippen molar-refractivity contribution in [3.8, 4) is 0 Å². The SMILES string of the molecule is CCOC(=O)C(C)(C)N(C)C(=O)c1cc2ccccc2c(=O)[nH]1. The van der Waals surface area contributed by atoms with Crippen molar-refractivity contribution in [1.82, 2.24) is 9.88 Å². The molecule has 0 atom stereocenters. The number of rotatable bonds is 4. The van der Waals surface area contributed by atoms with Crippen LogP contribution in [0, 0.1) is 0 Å². The molecule has 122 valence electrons. The molecule has 23 heavy (non-hydrogen) atoms. The summed E-state index contributed by atoms with van der Waals surface area (Å²) in [5, 5.41) is 1.18. The molecule has 0 radical (unpaired) electrons. The molecular formula is C17H20N2O4. The Morgan fingerprint density at radius 2 is 1.91 bits per heavy atom. The summed E-state index contributed by atoms with van der Waals surface area (Å²) < 4.78 is 5.00. The van der Waals surface area contributed by atoms with Gasteiger partial charge in [-0.05, 0) is 38.3 Å². The first-order valence-corrected chi connectivity index (χ1v) is 7.36. The predicted molar refractivity (Wildman–Crippen MR) is 87.4 cm³/mol. The van der Waals surface area contributed by atoms with Crippen molar-refractivity contribution >= 4 is 22.6 Å². The van der Waals surface area contributed by atoms with E-state index in [9.17, 15) is 14.4 Å². The zero-order valence-electron chi connectivity index (χ0n) is 13.7. The van der Waals surface area contributed by atoms with E-state index in [4.69, 9.17) is 4.74 Å². The van der Waals surface area contributed by atoms with E-state index in [-0.39, 0.29) is 17.9 Å². The first-order valence-electron chi connectivity index (χ1n) is 7.36. The number of nitrogens with one attached hydrogen (secondary N) is 1. The van der Waals surface area contributed by atoms with Gasteiger partial charge in [-0.25, -0.2) is 4.79 Å². The summed E-state index contributed by atoms with van der Waals surface area (Å²) in [6, 6.07) is 8.61. The number of aromatic amines is 1. The van der Waals surface area contributed by atoms with Crippen LogP contribution in [0.25, 0.3) is 10.8 Å². The molecule has 1 aromatic heterocycles. The van der Waals surface area contributed by atoms with E-state index in [0.29, 0.717) is 10.8 Å². The number of H-pyrrole nitrogens is 1. The van der Waals surface area contributed by atoms with Crippen LogP contribution in [0.2, 0.25) is 0 Å². The fourth-order valence-electron chi connectivity index (χ4n) is 2.21. The van der Waals surface area contributed by atoms with Crippen molar-refractivity contribution in [2.75, 3.05) is 13.7 Å². The van der Waals surface area contributed by atoms with Crippen LogP contribution in [0.4, 0.5) is 0 Å². The predicted octanol–water partition coefficient (Wildman–Crippen LogP) is 1.94. The van der Waals surface area contributed by atoms with E-state index in [2.05, 4.69) is 4.98 Å². The number of carbonyl (C=O) groups excluding carboxylic acids is 2. The Hall–Kier alpha value is -2.63. The molecule has 0 aliphatic carbocycles. The summed E-state index contributed by atoms with van der Waals surface area (Å²) in [6.45, 7) is 5.14. The minimum atomic E-state index is -1.14. The fourth-order valence-corrected chi connectivity index (χ4v) is 2.21. The van der Waals surface area contributed by atoms with Crippen LogP contribution >= 0.6 is 0 Å². The molecule has 1 aromatic carbocycles. The average Bonchev–Trinajstić information content (AvgIpc) is 2.53. The number of benzene rings is 1. The fraction of sp³-hybridized carbons (Fsp3) is 0.353. The van der Waals surface area contributed by atoms with E-state index >= 15 is 0 Å². The number of hydrogen-bond donors (Lipinski definition) is 1. The second kappa shape index (κ2) is 6.24. The van der Waals surface area contributed by atoms with Gasteiger partial charge in [-0.15, -0.1) is 0 Å². The lowest BCUT2D eigenvalue weighted by Gasteiger charge is -2.33. The first-order chi connectivity index (χ1) is 10.8. The summed E-state index contributed by atoms with van der Waals surface area (Å²) in [6.07, 6.45) is 0. The number of esters is 1. The molecule has 0 fully saturated rings. The van der Waals surface area contributed by atoms with Crippen molar-refractivity contribution in [2.24, 2.45) is 0 Å². The number of aromatic nitrogens is 1. The molecule has 0 spiro atoms. The maximum absolute atomic E-state index is 12.6. The van der Waals surface area contributed by atoms with Crippen LogP contribution in [-0.4, -0.2) is 41.0 Å². The zero-order chi connectivity index (χ0) is 17.2. The minimum Gasteiger partial charge on any atom is -0.464 e. The van der Waals surface area contributed by atoms with Crippen LogP contribution < -0.4 is 5.56 Å². The van der Waals surface area contributed by atoms with Crippen molar-refractivity contribution in [3.63, 3.8) is 0 Å². The smallest absolute Gasteiger partial charge is 0.331 e. The van der Waals surface area contributed by atoms with Gasteiger partial charge in [0.05, 0.1) is 6.61 Å². The maximum Gasteiger partial charge on any atom is 0.331 e. The van der Waals surface area contributed by atoms with Crippen LogP contribution in [0.1, 0.15) is 31.3 Å². The van der Waals surface area contributed by atoms with E-state index in [1.54, 1.807) is 51.1 Å². The van der Waals surface area contributed by atoms with Crippen LogP contribution in [-0.2, 0) is 9.53 Å². The molecule has 6 heteroatoms. The molecule has 0 saturated carbocycles. The molecule has 6 nitrogen and oxygen atoms in total. The number of hydrogen-bond acceptors (Lipinski definition) is 4. The largest absolute Gasteiger partial charge is 0.464 e. The number of nitrogens with zero attached hydrogens (tertiary/aromatic N) is 1. The number of ether oxygens (including phenoxy) is 1. The van der Waals surface area contributed by atoms with Crippen molar-refractivity contribution in [3.05, 3.63) is 46.4 Å². The highest BCUT2D eigenvalue weighted by molar-refractivity contribution is 5.99. The van der Waals surface area contributed by atoms with E-state index in [0.717, 1.165) is 0 Å². The zero-order valence-corrected chi connectivity index (χ0v) is 13.7. The van der Waals surface area contributed by atoms with Gasteiger partial charge in [-0.2, -0.15) is 0 Å². The highest BCUT2D eigenvalue weighted by Crippen LogP contribution is 2.18. The lowest BCUT2D eigenvalue weighted by Crippen LogP contribution is -2.52. The first kappa shape index (κ1) is 16.7. The topological polar surface area (TPSA) is 79.5 Å².